The molecule has 0 saturated heterocycles. The first-order valence-corrected chi connectivity index (χ1v) is 4.91. The number of hydrogen-bond donors (Lipinski definition) is 0. The molecule has 0 heterocycles. The summed E-state index contributed by atoms with van der Waals surface area (Å²) in [4.78, 5) is 11.4. The maximum atomic E-state index is 11.4. The highest BCUT2D eigenvalue weighted by Crippen LogP contribution is 2.13. The van der Waals surface area contributed by atoms with E-state index in [4.69, 9.17) is 9.47 Å². The van der Waals surface area contributed by atoms with E-state index in [-0.39, 0.29) is 17.8 Å². The van der Waals surface area contributed by atoms with Crippen LogP contribution in [0.15, 0.2) is 12.7 Å². The molecule has 1 unspecified atom stereocenters. The molecule has 82 valence electrons. The molecule has 0 aliphatic carbocycles. The van der Waals surface area contributed by atoms with Gasteiger partial charge in [0.15, 0.2) is 0 Å². The average molecular weight is 200 g/mol. The van der Waals surface area contributed by atoms with Gasteiger partial charge in [-0.1, -0.05) is 19.9 Å². The van der Waals surface area contributed by atoms with Crippen molar-refractivity contribution in [3.05, 3.63) is 12.7 Å². The predicted octanol–water partition coefficient (Wildman–Crippen LogP) is 2.02. The van der Waals surface area contributed by atoms with E-state index in [0.29, 0.717) is 13.2 Å². The van der Waals surface area contributed by atoms with Crippen molar-refractivity contribution in [3.8, 4) is 0 Å². The van der Waals surface area contributed by atoms with Gasteiger partial charge >= 0.3 is 5.97 Å². The zero-order valence-electron chi connectivity index (χ0n) is 9.29. The second-order valence-corrected chi connectivity index (χ2v) is 3.52. The molecule has 0 aliphatic rings. The lowest BCUT2D eigenvalue weighted by atomic mass is 9.96. The normalized spacial score (nSPS) is 12.6. The van der Waals surface area contributed by atoms with E-state index < -0.39 is 0 Å². The molecule has 0 bridgehead atoms. The smallest absolute Gasteiger partial charge is 0.313 e. The van der Waals surface area contributed by atoms with Crippen molar-refractivity contribution in [2.45, 2.75) is 20.3 Å². The highest BCUT2D eigenvalue weighted by molar-refractivity contribution is 5.74. The van der Waals surface area contributed by atoms with Crippen LogP contribution in [0.1, 0.15) is 20.3 Å². The molecule has 3 heteroatoms. The number of rotatable bonds is 7. The van der Waals surface area contributed by atoms with Gasteiger partial charge in [-0.05, 0) is 5.92 Å². The van der Waals surface area contributed by atoms with Crippen LogP contribution in [0.2, 0.25) is 0 Å². The SMILES string of the molecule is C=CC(C(=O)OCCCOC)C(C)C. The topological polar surface area (TPSA) is 35.5 Å². The Morgan fingerprint density at radius 2 is 2.07 bits per heavy atom. The minimum Gasteiger partial charge on any atom is -0.465 e. The molecule has 0 aliphatic heterocycles. The van der Waals surface area contributed by atoms with Crippen molar-refractivity contribution >= 4 is 5.97 Å². The molecular weight excluding hydrogens is 180 g/mol. The van der Waals surface area contributed by atoms with Crippen molar-refractivity contribution in [1.82, 2.24) is 0 Å². The molecule has 0 saturated carbocycles. The van der Waals surface area contributed by atoms with Gasteiger partial charge in [0.1, 0.15) is 0 Å². The van der Waals surface area contributed by atoms with Gasteiger partial charge in [0.25, 0.3) is 0 Å². The van der Waals surface area contributed by atoms with E-state index >= 15 is 0 Å². The van der Waals surface area contributed by atoms with Gasteiger partial charge in [0, 0.05) is 20.1 Å². The highest BCUT2D eigenvalue weighted by atomic mass is 16.5. The summed E-state index contributed by atoms with van der Waals surface area (Å²) in [6.45, 7) is 8.61. The molecule has 0 N–H and O–H groups in total. The third kappa shape index (κ3) is 5.02. The van der Waals surface area contributed by atoms with E-state index in [1.54, 1.807) is 13.2 Å². The second kappa shape index (κ2) is 7.56. The number of esters is 1. The molecular formula is C11H20O3. The van der Waals surface area contributed by atoms with E-state index in [2.05, 4.69) is 6.58 Å². The van der Waals surface area contributed by atoms with Crippen molar-refractivity contribution < 1.29 is 14.3 Å². The average Bonchev–Trinajstić information content (AvgIpc) is 2.13. The summed E-state index contributed by atoms with van der Waals surface area (Å²) >= 11 is 0. The van der Waals surface area contributed by atoms with Gasteiger partial charge in [-0.3, -0.25) is 4.79 Å². The minimum atomic E-state index is -0.197. The van der Waals surface area contributed by atoms with Gasteiger partial charge in [-0.15, -0.1) is 6.58 Å². The molecule has 0 amide bonds. The third-order valence-electron chi connectivity index (χ3n) is 1.98. The number of methoxy groups -OCH3 is 1. The van der Waals surface area contributed by atoms with Gasteiger partial charge in [-0.25, -0.2) is 0 Å². The zero-order valence-corrected chi connectivity index (χ0v) is 9.29. The lowest BCUT2D eigenvalue weighted by Gasteiger charge is -2.15. The Morgan fingerprint density at radius 1 is 1.43 bits per heavy atom. The largest absolute Gasteiger partial charge is 0.465 e. The fraction of sp³-hybridized carbons (Fsp3) is 0.727. The fourth-order valence-corrected chi connectivity index (χ4v) is 1.11. The molecule has 1 atom stereocenters. The lowest BCUT2D eigenvalue weighted by Crippen LogP contribution is -2.21. The standard InChI is InChI=1S/C11H20O3/c1-5-10(9(2)3)11(12)14-8-6-7-13-4/h5,9-10H,1,6-8H2,2-4H3. The Balaban J connectivity index is 3.76. The summed E-state index contributed by atoms with van der Waals surface area (Å²) in [5, 5.41) is 0. The molecule has 14 heavy (non-hydrogen) atoms. The first-order chi connectivity index (χ1) is 6.63. The van der Waals surface area contributed by atoms with E-state index in [9.17, 15) is 4.79 Å². The van der Waals surface area contributed by atoms with Crippen LogP contribution >= 0.6 is 0 Å². The molecule has 0 aromatic carbocycles. The van der Waals surface area contributed by atoms with Crippen LogP contribution in [-0.2, 0) is 14.3 Å². The summed E-state index contributed by atoms with van der Waals surface area (Å²) in [5.41, 5.74) is 0. The van der Waals surface area contributed by atoms with Crippen molar-refractivity contribution in [3.63, 3.8) is 0 Å². The summed E-state index contributed by atoms with van der Waals surface area (Å²) in [6, 6.07) is 0. The van der Waals surface area contributed by atoms with Crippen LogP contribution in [0, 0.1) is 11.8 Å². The summed E-state index contributed by atoms with van der Waals surface area (Å²) < 4.78 is 9.91. The number of carbonyl (C=O) groups excluding carboxylic acids is 1. The monoisotopic (exact) mass is 200 g/mol. The molecule has 0 rings (SSSR count). The van der Waals surface area contributed by atoms with Crippen LogP contribution in [0.5, 0.6) is 0 Å². The molecule has 0 fully saturated rings. The van der Waals surface area contributed by atoms with Crippen LogP contribution in [-0.4, -0.2) is 26.3 Å². The Kier molecular flexibility index (Phi) is 7.11. The lowest BCUT2D eigenvalue weighted by molar-refractivity contribution is -0.148. The molecule has 0 aromatic rings. The molecule has 0 radical (unpaired) electrons. The Labute approximate surface area is 86.1 Å². The maximum absolute atomic E-state index is 11.4. The van der Waals surface area contributed by atoms with E-state index in [0.717, 1.165) is 6.42 Å². The number of ether oxygens (including phenoxy) is 2. The third-order valence-corrected chi connectivity index (χ3v) is 1.98. The Morgan fingerprint density at radius 3 is 2.50 bits per heavy atom. The molecule has 0 spiro atoms. The quantitative estimate of drug-likeness (QED) is 0.358. The van der Waals surface area contributed by atoms with Gasteiger partial charge < -0.3 is 9.47 Å². The van der Waals surface area contributed by atoms with Crippen LogP contribution < -0.4 is 0 Å². The van der Waals surface area contributed by atoms with Gasteiger partial charge in [0.2, 0.25) is 0 Å². The second-order valence-electron chi connectivity index (χ2n) is 3.52. The number of carbonyl (C=O) groups is 1. The first-order valence-electron chi connectivity index (χ1n) is 4.91. The first kappa shape index (κ1) is 13.2. The van der Waals surface area contributed by atoms with Gasteiger partial charge in [-0.2, -0.15) is 0 Å². The molecule has 3 nitrogen and oxygen atoms in total. The summed E-state index contributed by atoms with van der Waals surface area (Å²) in [7, 11) is 1.63. The minimum absolute atomic E-state index is 0.189. The van der Waals surface area contributed by atoms with Crippen LogP contribution in [0.25, 0.3) is 0 Å². The van der Waals surface area contributed by atoms with E-state index in [1.807, 2.05) is 13.8 Å². The molecule has 0 aromatic heterocycles. The summed E-state index contributed by atoms with van der Waals surface area (Å²) in [5.74, 6) is -0.147. The Hall–Kier alpha value is -0.830. The van der Waals surface area contributed by atoms with Crippen molar-refractivity contribution in [2.75, 3.05) is 20.3 Å². The maximum Gasteiger partial charge on any atom is 0.313 e. The van der Waals surface area contributed by atoms with Gasteiger partial charge in [0.05, 0.1) is 12.5 Å². The van der Waals surface area contributed by atoms with Crippen LogP contribution in [0.3, 0.4) is 0 Å². The van der Waals surface area contributed by atoms with Crippen LogP contribution in [0.4, 0.5) is 0 Å². The fourth-order valence-electron chi connectivity index (χ4n) is 1.11. The Bertz CT molecular complexity index is 175. The predicted molar refractivity (Wildman–Crippen MR) is 56.0 cm³/mol. The zero-order chi connectivity index (χ0) is 11.0. The number of hydrogen-bond acceptors (Lipinski definition) is 3. The van der Waals surface area contributed by atoms with Crippen molar-refractivity contribution in [2.24, 2.45) is 11.8 Å². The van der Waals surface area contributed by atoms with Crippen molar-refractivity contribution in [1.29, 1.82) is 0 Å². The summed E-state index contributed by atoms with van der Waals surface area (Å²) in [6.07, 6.45) is 2.38. The highest BCUT2D eigenvalue weighted by Gasteiger charge is 2.19. The van der Waals surface area contributed by atoms with E-state index in [1.165, 1.54) is 0 Å².